The van der Waals surface area contributed by atoms with Gasteiger partial charge in [0.05, 0.1) is 6.54 Å². The molecule has 2 N–H and O–H groups in total. The molecule has 2 rings (SSSR count). The van der Waals surface area contributed by atoms with Crippen molar-refractivity contribution in [3.05, 3.63) is 29.3 Å². The van der Waals surface area contributed by atoms with E-state index in [1.165, 1.54) is 23.2 Å². The van der Waals surface area contributed by atoms with Crippen LogP contribution in [0.15, 0.2) is 23.2 Å². The number of nitrogens with one attached hydrogen (secondary N) is 2. The van der Waals surface area contributed by atoms with Crippen LogP contribution < -0.4 is 15.5 Å². The third-order valence-electron chi connectivity index (χ3n) is 5.16. The summed E-state index contributed by atoms with van der Waals surface area (Å²) in [7, 11) is 4.11. The third kappa shape index (κ3) is 8.80. The predicted octanol–water partition coefficient (Wildman–Crippen LogP) is 3.53. The molecule has 0 spiro atoms. The van der Waals surface area contributed by atoms with Crippen LogP contribution in [0.2, 0.25) is 0 Å². The Morgan fingerprint density at radius 3 is 2.69 bits per heavy atom. The van der Waals surface area contributed by atoms with E-state index in [2.05, 4.69) is 61.7 Å². The fourth-order valence-electron chi connectivity index (χ4n) is 3.39. The fourth-order valence-corrected chi connectivity index (χ4v) is 3.39. The number of aryl methyl sites for hydroxylation is 1. The number of aliphatic imine (C=N–C) groups is 1. The first-order valence-electron chi connectivity index (χ1n) is 10.6. The Balaban J connectivity index is 0.00000420. The molecule has 1 amide bonds. The normalized spacial score (nSPS) is 14.8. The SMILES string of the molecule is CCNC(=NCc1ccc(N(C)C)cc1C)NCCCN1CCCCCC1=O.I. The first-order chi connectivity index (χ1) is 13.5. The molecule has 1 saturated heterocycles. The van der Waals surface area contributed by atoms with Gasteiger partial charge in [0.15, 0.2) is 5.96 Å². The maximum absolute atomic E-state index is 12.1. The Labute approximate surface area is 193 Å². The van der Waals surface area contributed by atoms with E-state index in [1.54, 1.807) is 0 Å². The van der Waals surface area contributed by atoms with E-state index in [0.717, 1.165) is 51.4 Å². The van der Waals surface area contributed by atoms with Crippen LogP contribution in [0.5, 0.6) is 0 Å². The van der Waals surface area contributed by atoms with Gasteiger partial charge in [0.25, 0.3) is 0 Å². The first kappa shape index (κ1) is 25.5. The van der Waals surface area contributed by atoms with Crippen molar-refractivity contribution in [3.8, 4) is 0 Å². The molecule has 0 aliphatic carbocycles. The van der Waals surface area contributed by atoms with Gasteiger partial charge in [0.2, 0.25) is 5.91 Å². The van der Waals surface area contributed by atoms with Crippen LogP contribution in [0.25, 0.3) is 0 Å². The van der Waals surface area contributed by atoms with E-state index in [4.69, 9.17) is 4.99 Å². The van der Waals surface area contributed by atoms with Crippen molar-refractivity contribution in [3.63, 3.8) is 0 Å². The molecule has 1 aromatic rings. The maximum atomic E-state index is 12.1. The Morgan fingerprint density at radius 1 is 1.21 bits per heavy atom. The molecule has 6 nitrogen and oxygen atoms in total. The molecule has 164 valence electrons. The second kappa shape index (κ2) is 13.7. The minimum absolute atomic E-state index is 0. The molecule has 0 bridgehead atoms. The van der Waals surface area contributed by atoms with E-state index >= 15 is 0 Å². The van der Waals surface area contributed by atoms with Gasteiger partial charge in [0, 0.05) is 52.4 Å². The summed E-state index contributed by atoms with van der Waals surface area (Å²) < 4.78 is 0. The molecule has 0 unspecified atom stereocenters. The molecule has 1 aliphatic heterocycles. The van der Waals surface area contributed by atoms with Gasteiger partial charge in [-0.15, -0.1) is 24.0 Å². The number of halogens is 1. The topological polar surface area (TPSA) is 60.0 Å². The van der Waals surface area contributed by atoms with Crippen LogP contribution in [0.1, 0.15) is 50.2 Å². The zero-order valence-corrected chi connectivity index (χ0v) is 20.8. The van der Waals surface area contributed by atoms with E-state index in [0.29, 0.717) is 18.9 Å². The number of benzene rings is 1. The van der Waals surface area contributed by atoms with Crippen molar-refractivity contribution < 1.29 is 4.79 Å². The zero-order valence-electron chi connectivity index (χ0n) is 18.5. The summed E-state index contributed by atoms with van der Waals surface area (Å²) >= 11 is 0. The molecule has 0 atom stereocenters. The van der Waals surface area contributed by atoms with Crippen molar-refractivity contribution in [1.29, 1.82) is 0 Å². The van der Waals surface area contributed by atoms with E-state index < -0.39 is 0 Å². The Bertz CT molecular complexity index is 663. The lowest BCUT2D eigenvalue weighted by molar-refractivity contribution is -0.130. The van der Waals surface area contributed by atoms with Crippen molar-refractivity contribution in [2.45, 2.75) is 52.5 Å². The van der Waals surface area contributed by atoms with Crippen LogP contribution in [0, 0.1) is 6.92 Å². The summed E-state index contributed by atoms with van der Waals surface area (Å²) in [6.45, 7) is 8.24. The summed E-state index contributed by atoms with van der Waals surface area (Å²) in [6, 6.07) is 6.49. The maximum Gasteiger partial charge on any atom is 0.222 e. The number of carbonyl (C=O) groups is 1. The summed E-state index contributed by atoms with van der Waals surface area (Å²) in [5.41, 5.74) is 3.70. The quantitative estimate of drug-likeness (QED) is 0.241. The molecular formula is C22H38IN5O. The van der Waals surface area contributed by atoms with Gasteiger partial charge >= 0.3 is 0 Å². The van der Waals surface area contributed by atoms with Crippen LogP contribution >= 0.6 is 24.0 Å². The highest BCUT2D eigenvalue weighted by Crippen LogP contribution is 2.18. The molecule has 0 radical (unpaired) electrons. The number of hydrogen-bond acceptors (Lipinski definition) is 3. The van der Waals surface area contributed by atoms with Crippen LogP contribution in [0.3, 0.4) is 0 Å². The second-order valence-corrected chi connectivity index (χ2v) is 7.67. The van der Waals surface area contributed by atoms with Crippen molar-refractivity contribution in [1.82, 2.24) is 15.5 Å². The first-order valence-corrected chi connectivity index (χ1v) is 10.6. The standard InChI is InChI=1S/C22H37N5O.HI/c1-5-23-22(24-13-9-15-27-14-8-6-7-10-21(27)28)25-17-19-11-12-20(26(3)4)16-18(19)2;/h11-12,16H,5-10,13-15,17H2,1-4H3,(H2,23,24,25);1H. The molecule has 29 heavy (non-hydrogen) atoms. The minimum atomic E-state index is 0. The number of nitrogens with zero attached hydrogens (tertiary/aromatic N) is 3. The number of likely N-dealkylation sites (tertiary alicyclic amines) is 1. The number of guanidine groups is 1. The van der Waals surface area contributed by atoms with Gasteiger partial charge in [-0.1, -0.05) is 12.5 Å². The highest BCUT2D eigenvalue weighted by molar-refractivity contribution is 14.0. The highest BCUT2D eigenvalue weighted by Gasteiger charge is 2.15. The molecule has 1 heterocycles. The number of rotatable bonds is 8. The lowest BCUT2D eigenvalue weighted by atomic mass is 10.1. The second-order valence-electron chi connectivity index (χ2n) is 7.67. The van der Waals surface area contributed by atoms with Crippen molar-refractivity contribution in [2.24, 2.45) is 4.99 Å². The lowest BCUT2D eigenvalue weighted by Gasteiger charge is -2.20. The zero-order chi connectivity index (χ0) is 20.4. The van der Waals surface area contributed by atoms with E-state index in [-0.39, 0.29) is 24.0 Å². The van der Waals surface area contributed by atoms with Gasteiger partial charge in [0.1, 0.15) is 0 Å². The summed E-state index contributed by atoms with van der Waals surface area (Å²) in [4.78, 5) is 20.9. The monoisotopic (exact) mass is 515 g/mol. The van der Waals surface area contributed by atoms with Crippen LogP contribution in [-0.2, 0) is 11.3 Å². The molecule has 0 saturated carbocycles. The molecular weight excluding hydrogens is 477 g/mol. The molecule has 0 aromatic heterocycles. The Morgan fingerprint density at radius 2 is 2.00 bits per heavy atom. The summed E-state index contributed by atoms with van der Waals surface area (Å²) in [5.74, 6) is 1.15. The average molecular weight is 515 g/mol. The van der Waals surface area contributed by atoms with Crippen LogP contribution in [0.4, 0.5) is 5.69 Å². The molecule has 7 heteroatoms. The van der Waals surface area contributed by atoms with Gasteiger partial charge in [-0.3, -0.25) is 4.79 Å². The highest BCUT2D eigenvalue weighted by atomic mass is 127. The van der Waals surface area contributed by atoms with Gasteiger partial charge < -0.3 is 20.4 Å². The van der Waals surface area contributed by atoms with Gasteiger partial charge in [-0.05, 0) is 56.4 Å². The smallest absolute Gasteiger partial charge is 0.222 e. The number of anilines is 1. The summed E-state index contributed by atoms with van der Waals surface area (Å²) in [6.07, 6.45) is 5.00. The average Bonchev–Trinajstić information content (AvgIpc) is 2.88. The predicted molar refractivity (Wildman–Crippen MR) is 133 cm³/mol. The largest absolute Gasteiger partial charge is 0.378 e. The van der Waals surface area contributed by atoms with Crippen LogP contribution in [-0.4, -0.2) is 57.0 Å². The van der Waals surface area contributed by atoms with Gasteiger partial charge in [-0.2, -0.15) is 0 Å². The summed E-state index contributed by atoms with van der Waals surface area (Å²) in [5, 5.41) is 6.71. The Hall–Kier alpha value is -1.51. The molecule has 1 aliphatic rings. The fraction of sp³-hybridized carbons (Fsp3) is 0.636. The third-order valence-corrected chi connectivity index (χ3v) is 5.16. The molecule has 1 fully saturated rings. The van der Waals surface area contributed by atoms with E-state index in [9.17, 15) is 4.79 Å². The van der Waals surface area contributed by atoms with Crippen molar-refractivity contribution >= 4 is 41.5 Å². The van der Waals surface area contributed by atoms with Gasteiger partial charge in [-0.25, -0.2) is 4.99 Å². The van der Waals surface area contributed by atoms with Crippen molar-refractivity contribution in [2.75, 3.05) is 45.2 Å². The molecule has 1 aromatic carbocycles. The van der Waals surface area contributed by atoms with E-state index in [1.807, 2.05) is 4.90 Å². The number of carbonyl (C=O) groups excluding carboxylic acids is 1. The number of hydrogen-bond donors (Lipinski definition) is 2. The lowest BCUT2D eigenvalue weighted by Crippen LogP contribution is -2.39. The minimum Gasteiger partial charge on any atom is -0.378 e. The Kier molecular flexibility index (Phi) is 12.0. The number of amides is 1.